The van der Waals surface area contributed by atoms with Crippen LogP contribution >= 0.6 is 15.9 Å². The molecule has 0 aromatic carbocycles. The second-order valence-electron chi connectivity index (χ2n) is 6.36. The number of rotatable bonds is 7. The van der Waals surface area contributed by atoms with Crippen LogP contribution in [0.1, 0.15) is 35.9 Å². The number of carbonyl (C=O) groups excluding carboxylic acids is 1. The van der Waals surface area contributed by atoms with E-state index in [0.29, 0.717) is 23.2 Å². The average Bonchev–Trinajstić information content (AvgIpc) is 3.19. The Morgan fingerprint density at radius 2 is 2.17 bits per heavy atom. The van der Waals surface area contributed by atoms with E-state index in [1.54, 1.807) is 24.4 Å². The van der Waals surface area contributed by atoms with Crippen LogP contribution in [-0.2, 0) is 13.1 Å². The largest absolute Gasteiger partial charge is 0.467 e. The van der Waals surface area contributed by atoms with Crippen LogP contribution in [0.25, 0.3) is 0 Å². The summed E-state index contributed by atoms with van der Waals surface area (Å²) >= 11 is 3.29. The van der Waals surface area contributed by atoms with Crippen molar-refractivity contribution in [1.29, 1.82) is 0 Å². The molecule has 3 heterocycles. The number of aromatic amines is 1. The maximum Gasteiger partial charge on any atom is 0.330 e. The molecule has 0 aliphatic rings. The number of hydrogen-bond acceptors (Lipinski definition) is 6. The highest BCUT2D eigenvalue weighted by Crippen LogP contribution is 2.23. The number of nitrogens with one attached hydrogen (secondary N) is 1. The van der Waals surface area contributed by atoms with E-state index >= 15 is 0 Å². The first-order chi connectivity index (χ1) is 13.9. The van der Waals surface area contributed by atoms with Crippen molar-refractivity contribution < 1.29 is 9.21 Å². The van der Waals surface area contributed by atoms with Gasteiger partial charge in [-0.15, -0.1) is 0 Å². The fourth-order valence-electron chi connectivity index (χ4n) is 2.87. The molecule has 10 heteroatoms. The molecule has 29 heavy (non-hydrogen) atoms. The first-order valence-corrected chi connectivity index (χ1v) is 9.79. The minimum absolute atomic E-state index is 0.0440. The lowest BCUT2D eigenvalue weighted by molar-refractivity contribution is 0.0982. The number of aromatic nitrogens is 3. The molecule has 3 aromatic heterocycles. The summed E-state index contributed by atoms with van der Waals surface area (Å²) in [5.41, 5.74) is 4.97. The van der Waals surface area contributed by atoms with E-state index < -0.39 is 17.2 Å². The Kier molecular flexibility index (Phi) is 6.32. The van der Waals surface area contributed by atoms with Crippen molar-refractivity contribution in [3.05, 3.63) is 73.5 Å². The molecule has 0 saturated carbocycles. The zero-order valence-corrected chi connectivity index (χ0v) is 17.3. The number of furan rings is 1. The van der Waals surface area contributed by atoms with Crippen molar-refractivity contribution in [2.75, 3.05) is 10.6 Å². The molecule has 152 valence electrons. The van der Waals surface area contributed by atoms with Crippen molar-refractivity contribution in [1.82, 2.24) is 14.5 Å². The number of halogens is 1. The lowest BCUT2D eigenvalue weighted by Crippen LogP contribution is -2.41. The predicted octanol–water partition coefficient (Wildman–Crippen LogP) is 2.52. The molecule has 0 fully saturated rings. The van der Waals surface area contributed by atoms with Crippen molar-refractivity contribution in [2.45, 2.75) is 32.9 Å². The Bertz CT molecular complexity index is 1120. The third kappa shape index (κ3) is 4.48. The van der Waals surface area contributed by atoms with Crippen LogP contribution in [0.4, 0.5) is 11.5 Å². The monoisotopic (exact) mass is 461 g/mol. The number of nitrogens with zero attached hydrogens (tertiary/aromatic N) is 3. The van der Waals surface area contributed by atoms with Crippen LogP contribution in [0, 0.1) is 0 Å². The number of carbonyl (C=O) groups is 1. The van der Waals surface area contributed by atoms with Gasteiger partial charge in [-0.25, -0.2) is 4.79 Å². The third-order valence-electron chi connectivity index (χ3n) is 4.31. The number of pyridine rings is 1. The predicted molar refractivity (Wildman–Crippen MR) is 112 cm³/mol. The maximum atomic E-state index is 13.3. The van der Waals surface area contributed by atoms with E-state index in [1.807, 2.05) is 6.92 Å². The Balaban J connectivity index is 2.15. The zero-order valence-electron chi connectivity index (χ0n) is 15.7. The van der Waals surface area contributed by atoms with Crippen LogP contribution < -0.4 is 21.9 Å². The van der Waals surface area contributed by atoms with Crippen LogP contribution in [0.2, 0.25) is 0 Å². The number of amides is 1. The second-order valence-corrected chi connectivity index (χ2v) is 7.28. The van der Waals surface area contributed by atoms with Gasteiger partial charge in [0.2, 0.25) is 0 Å². The molecule has 0 saturated heterocycles. The summed E-state index contributed by atoms with van der Waals surface area (Å²) in [6, 6.07) is 4.94. The maximum absolute atomic E-state index is 13.3. The summed E-state index contributed by atoms with van der Waals surface area (Å²) < 4.78 is 7.23. The summed E-state index contributed by atoms with van der Waals surface area (Å²) in [4.78, 5) is 45.6. The number of unbranched alkanes of at least 4 members (excludes halogenated alkanes) is 1. The summed E-state index contributed by atoms with van der Waals surface area (Å²) in [5, 5.41) is 0. The van der Waals surface area contributed by atoms with E-state index in [0.717, 1.165) is 6.42 Å². The van der Waals surface area contributed by atoms with Crippen molar-refractivity contribution in [3.8, 4) is 0 Å². The van der Waals surface area contributed by atoms with Gasteiger partial charge in [-0.3, -0.25) is 29.0 Å². The van der Waals surface area contributed by atoms with Crippen LogP contribution in [0.5, 0.6) is 0 Å². The lowest BCUT2D eigenvalue weighted by atomic mass is 10.2. The summed E-state index contributed by atoms with van der Waals surface area (Å²) in [6.45, 7) is 2.25. The van der Waals surface area contributed by atoms with Crippen molar-refractivity contribution in [2.24, 2.45) is 0 Å². The van der Waals surface area contributed by atoms with Gasteiger partial charge < -0.3 is 10.2 Å². The Morgan fingerprint density at radius 3 is 2.83 bits per heavy atom. The van der Waals surface area contributed by atoms with Gasteiger partial charge in [0.25, 0.3) is 11.5 Å². The SMILES string of the molecule is CCCCn1c(N)c(N(Cc2ccco2)C(=O)c2cncc(Br)c2)c(=O)[nH]c1=O. The Labute approximate surface area is 174 Å². The van der Waals surface area contributed by atoms with Gasteiger partial charge >= 0.3 is 5.69 Å². The van der Waals surface area contributed by atoms with Crippen LogP contribution in [0.15, 0.2) is 55.3 Å². The minimum Gasteiger partial charge on any atom is -0.467 e. The summed E-state index contributed by atoms with van der Waals surface area (Å²) in [7, 11) is 0. The first kappa shape index (κ1) is 20.6. The fraction of sp³-hybridized carbons (Fsp3) is 0.263. The van der Waals surface area contributed by atoms with Gasteiger partial charge in [0.1, 0.15) is 11.6 Å². The molecule has 0 aliphatic carbocycles. The number of nitrogen functional groups attached to an aromatic ring is 1. The van der Waals surface area contributed by atoms with Gasteiger partial charge in [0.15, 0.2) is 5.69 Å². The molecule has 9 nitrogen and oxygen atoms in total. The second kappa shape index (κ2) is 8.91. The molecule has 3 rings (SSSR count). The highest BCUT2D eigenvalue weighted by Gasteiger charge is 2.26. The summed E-state index contributed by atoms with van der Waals surface area (Å²) in [6.07, 6.45) is 5.92. The van der Waals surface area contributed by atoms with E-state index in [1.165, 1.54) is 21.9 Å². The van der Waals surface area contributed by atoms with E-state index in [4.69, 9.17) is 10.2 Å². The fourth-order valence-corrected chi connectivity index (χ4v) is 3.24. The minimum atomic E-state index is -0.747. The zero-order chi connectivity index (χ0) is 21.0. The van der Waals surface area contributed by atoms with Crippen molar-refractivity contribution in [3.63, 3.8) is 0 Å². The molecule has 3 N–H and O–H groups in total. The molecule has 0 bridgehead atoms. The average molecular weight is 462 g/mol. The molecule has 1 amide bonds. The molecule has 0 unspecified atom stereocenters. The smallest absolute Gasteiger partial charge is 0.330 e. The number of anilines is 2. The molecule has 0 atom stereocenters. The van der Waals surface area contributed by atoms with Gasteiger partial charge in [-0.05, 0) is 40.5 Å². The number of H-pyrrole nitrogens is 1. The molecular formula is C19H20BrN5O4. The van der Waals surface area contributed by atoms with E-state index in [9.17, 15) is 14.4 Å². The highest BCUT2D eigenvalue weighted by molar-refractivity contribution is 9.10. The quantitative estimate of drug-likeness (QED) is 0.556. The number of nitrogens with two attached hydrogens (primary N) is 1. The van der Waals surface area contributed by atoms with Crippen LogP contribution in [0.3, 0.4) is 0 Å². The Morgan fingerprint density at radius 1 is 1.38 bits per heavy atom. The van der Waals surface area contributed by atoms with E-state index in [2.05, 4.69) is 25.9 Å². The van der Waals surface area contributed by atoms with E-state index in [-0.39, 0.29) is 23.6 Å². The molecule has 0 radical (unpaired) electrons. The van der Waals surface area contributed by atoms with Gasteiger partial charge in [0, 0.05) is 23.4 Å². The summed E-state index contributed by atoms with van der Waals surface area (Å²) in [5.74, 6) is -0.130. The molecule has 3 aromatic rings. The van der Waals surface area contributed by atoms with Crippen LogP contribution in [-0.4, -0.2) is 20.4 Å². The highest BCUT2D eigenvalue weighted by atomic mass is 79.9. The number of hydrogen-bond donors (Lipinski definition) is 2. The Hall–Kier alpha value is -3.14. The molecule has 0 aliphatic heterocycles. The molecule has 0 spiro atoms. The normalized spacial score (nSPS) is 10.8. The third-order valence-corrected chi connectivity index (χ3v) is 4.74. The lowest BCUT2D eigenvalue weighted by Gasteiger charge is -2.23. The van der Waals surface area contributed by atoms with Gasteiger partial charge in [-0.1, -0.05) is 13.3 Å². The first-order valence-electron chi connectivity index (χ1n) is 8.99. The van der Waals surface area contributed by atoms with Gasteiger partial charge in [-0.2, -0.15) is 0 Å². The molecular weight excluding hydrogens is 442 g/mol. The topological polar surface area (TPSA) is 127 Å². The van der Waals surface area contributed by atoms with Gasteiger partial charge in [0.05, 0.1) is 18.4 Å². The standard InChI is InChI=1S/C19H20BrN5O4/c1-2-3-6-24-16(21)15(17(26)23-19(24)28)25(11-14-5-4-7-29-14)18(27)12-8-13(20)10-22-9-12/h4-5,7-10H,2-3,6,11,21H2,1H3,(H,23,26,28). The van der Waals surface area contributed by atoms with Crippen molar-refractivity contribution >= 4 is 33.3 Å².